The summed E-state index contributed by atoms with van der Waals surface area (Å²) in [4.78, 5) is 21.1. The highest BCUT2D eigenvalue weighted by Crippen LogP contribution is 2.27. The lowest BCUT2D eigenvalue weighted by atomic mass is 9.99. The number of carbonyl (C=O) groups excluding carboxylic acids is 1. The number of hydrogen-bond acceptors (Lipinski definition) is 3. The molecular weight excluding hydrogens is 334 g/mol. The van der Waals surface area contributed by atoms with Gasteiger partial charge in [0.05, 0.1) is 6.54 Å². The van der Waals surface area contributed by atoms with Crippen LogP contribution in [0.1, 0.15) is 23.5 Å². The fraction of sp³-hybridized carbons (Fsp3) is 0.304. The average Bonchev–Trinajstić information content (AvgIpc) is 3.17. The molecule has 1 saturated heterocycles. The van der Waals surface area contributed by atoms with Crippen LogP contribution in [-0.4, -0.2) is 47.4 Å². The highest BCUT2D eigenvalue weighted by molar-refractivity contribution is 5.85. The zero-order valence-corrected chi connectivity index (χ0v) is 15.7. The van der Waals surface area contributed by atoms with Crippen LogP contribution < -0.4 is 0 Å². The standard InChI is InChI=1S/C23H25N3O/c1-25(15-21-9-5-8-19-14-24-12-10-22(19)21)23(27)17-26-13-11-20(16-26)18-6-3-2-4-7-18/h2-10,12,14,20H,11,13,15-17H2,1H3. The van der Waals surface area contributed by atoms with Gasteiger partial charge >= 0.3 is 0 Å². The molecule has 0 bridgehead atoms. The minimum Gasteiger partial charge on any atom is -0.340 e. The van der Waals surface area contributed by atoms with Crippen LogP contribution >= 0.6 is 0 Å². The number of rotatable bonds is 5. The van der Waals surface area contributed by atoms with Crippen molar-refractivity contribution in [3.8, 4) is 0 Å². The van der Waals surface area contributed by atoms with E-state index in [1.165, 1.54) is 5.56 Å². The van der Waals surface area contributed by atoms with E-state index in [1.807, 2.05) is 36.5 Å². The number of likely N-dealkylation sites (tertiary alicyclic amines) is 1. The lowest BCUT2D eigenvalue weighted by Gasteiger charge is -2.22. The molecule has 0 radical (unpaired) electrons. The summed E-state index contributed by atoms with van der Waals surface area (Å²) in [6.07, 6.45) is 4.80. The first-order valence-electron chi connectivity index (χ1n) is 9.53. The minimum absolute atomic E-state index is 0.176. The summed E-state index contributed by atoms with van der Waals surface area (Å²) in [7, 11) is 1.90. The normalized spacial score (nSPS) is 17.3. The number of aromatic nitrogens is 1. The molecular formula is C23H25N3O. The first kappa shape index (κ1) is 17.7. The van der Waals surface area contributed by atoms with E-state index in [1.54, 1.807) is 0 Å². The van der Waals surface area contributed by atoms with Crippen molar-refractivity contribution in [1.82, 2.24) is 14.8 Å². The topological polar surface area (TPSA) is 36.4 Å². The van der Waals surface area contributed by atoms with E-state index in [0.29, 0.717) is 19.0 Å². The summed E-state index contributed by atoms with van der Waals surface area (Å²) in [5, 5.41) is 2.28. The van der Waals surface area contributed by atoms with Crippen LogP contribution in [0.4, 0.5) is 0 Å². The molecule has 1 unspecified atom stereocenters. The number of benzene rings is 2. The predicted molar refractivity (Wildman–Crippen MR) is 108 cm³/mol. The Balaban J connectivity index is 1.37. The third-order valence-electron chi connectivity index (χ3n) is 5.51. The maximum atomic E-state index is 12.8. The van der Waals surface area contributed by atoms with E-state index < -0.39 is 0 Å². The van der Waals surface area contributed by atoms with Gasteiger partial charge in [0.1, 0.15) is 0 Å². The van der Waals surface area contributed by atoms with Crippen molar-refractivity contribution in [3.05, 3.63) is 78.1 Å². The zero-order valence-electron chi connectivity index (χ0n) is 15.7. The van der Waals surface area contributed by atoms with Gasteiger partial charge in [-0.2, -0.15) is 0 Å². The molecule has 1 aromatic heterocycles. The molecule has 0 spiro atoms. The van der Waals surface area contributed by atoms with Gasteiger partial charge < -0.3 is 4.90 Å². The van der Waals surface area contributed by atoms with Crippen molar-refractivity contribution in [2.45, 2.75) is 18.9 Å². The van der Waals surface area contributed by atoms with Crippen LogP contribution in [0.3, 0.4) is 0 Å². The molecule has 0 aliphatic carbocycles. The second-order valence-corrected chi connectivity index (χ2v) is 7.40. The summed E-state index contributed by atoms with van der Waals surface area (Å²) in [5.41, 5.74) is 2.54. The molecule has 2 heterocycles. The molecule has 4 heteroatoms. The van der Waals surface area contributed by atoms with E-state index in [2.05, 4.69) is 52.3 Å². The monoisotopic (exact) mass is 359 g/mol. The van der Waals surface area contributed by atoms with Crippen molar-refractivity contribution in [2.75, 3.05) is 26.7 Å². The third-order valence-corrected chi connectivity index (χ3v) is 5.51. The molecule has 1 amide bonds. The fourth-order valence-electron chi connectivity index (χ4n) is 3.96. The maximum absolute atomic E-state index is 12.8. The second-order valence-electron chi connectivity index (χ2n) is 7.40. The molecule has 1 fully saturated rings. The van der Waals surface area contributed by atoms with Gasteiger partial charge in [-0.25, -0.2) is 0 Å². The summed E-state index contributed by atoms with van der Waals surface area (Å²) in [5.74, 6) is 0.713. The van der Waals surface area contributed by atoms with E-state index in [9.17, 15) is 4.79 Å². The molecule has 1 aliphatic heterocycles. The summed E-state index contributed by atoms with van der Waals surface area (Å²) >= 11 is 0. The summed E-state index contributed by atoms with van der Waals surface area (Å²) in [6.45, 7) is 3.06. The molecule has 0 N–H and O–H groups in total. The number of nitrogens with zero attached hydrogens (tertiary/aromatic N) is 3. The summed E-state index contributed by atoms with van der Waals surface area (Å²) < 4.78 is 0. The van der Waals surface area contributed by atoms with Gasteiger partial charge in [0.25, 0.3) is 0 Å². The van der Waals surface area contributed by atoms with Gasteiger partial charge in [0, 0.05) is 37.9 Å². The van der Waals surface area contributed by atoms with E-state index in [0.717, 1.165) is 35.8 Å². The number of amides is 1. The smallest absolute Gasteiger partial charge is 0.236 e. The van der Waals surface area contributed by atoms with Crippen molar-refractivity contribution in [2.24, 2.45) is 0 Å². The van der Waals surface area contributed by atoms with Gasteiger partial charge in [-0.15, -0.1) is 0 Å². The Morgan fingerprint density at radius 2 is 2.00 bits per heavy atom. The SMILES string of the molecule is CN(Cc1cccc2cnccc12)C(=O)CN1CCC(c2ccccc2)C1. The van der Waals surface area contributed by atoms with Crippen molar-refractivity contribution >= 4 is 16.7 Å². The minimum atomic E-state index is 0.176. The predicted octanol–water partition coefficient (Wildman–Crippen LogP) is 3.68. The molecule has 27 heavy (non-hydrogen) atoms. The van der Waals surface area contributed by atoms with Crippen LogP contribution in [0.2, 0.25) is 0 Å². The maximum Gasteiger partial charge on any atom is 0.236 e. The molecule has 4 nitrogen and oxygen atoms in total. The van der Waals surface area contributed by atoms with Gasteiger partial charge in [-0.05, 0) is 41.5 Å². The van der Waals surface area contributed by atoms with Crippen molar-refractivity contribution in [3.63, 3.8) is 0 Å². The van der Waals surface area contributed by atoms with Crippen LogP contribution in [0.15, 0.2) is 67.0 Å². The highest BCUT2D eigenvalue weighted by Gasteiger charge is 2.26. The molecule has 0 saturated carbocycles. The lowest BCUT2D eigenvalue weighted by molar-refractivity contribution is -0.131. The highest BCUT2D eigenvalue weighted by atomic mass is 16.2. The van der Waals surface area contributed by atoms with Crippen LogP contribution in [0.25, 0.3) is 10.8 Å². The van der Waals surface area contributed by atoms with Crippen LogP contribution in [0.5, 0.6) is 0 Å². The van der Waals surface area contributed by atoms with Crippen LogP contribution in [0, 0.1) is 0 Å². The third kappa shape index (κ3) is 4.01. The van der Waals surface area contributed by atoms with Crippen molar-refractivity contribution in [1.29, 1.82) is 0 Å². The van der Waals surface area contributed by atoms with Gasteiger partial charge in [-0.3, -0.25) is 14.7 Å². The molecule has 4 rings (SSSR count). The molecule has 1 atom stereocenters. The molecule has 3 aromatic rings. The lowest BCUT2D eigenvalue weighted by Crippen LogP contribution is -2.37. The van der Waals surface area contributed by atoms with E-state index >= 15 is 0 Å². The number of hydrogen-bond donors (Lipinski definition) is 0. The van der Waals surface area contributed by atoms with Gasteiger partial charge in [0.15, 0.2) is 0 Å². The number of pyridine rings is 1. The molecule has 1 aliphatic rings. The Kier molecular flexibility index (Phi) is 5.16. The van der Waals surface area contributed by atoms with Crippen molar-refractivity contribution < 1.29 is 4.79 Å². The Morgan fingerprint density at radius 1 is 1.15 bits per heavy atom. The van der Waals surface area contributed by atoms with Crippen LogP contribution in [-0.2, 0) is 11.3 Å². The Morgan fingerprint density at radius 3 is 2.85 bits per heavy atom. The number of likely N-dealkylation sites (N-methyl/N-ethyl adjacent to an activating group) is 1. The Bertz CT molecular complexity index is 920. The number of carbonyl (C=O) groups is 1. The fourth-order valence-corrected chi connectivity index (χ4v) is 3.96. The average molecular weight is 359 g/mol. The zero-order chi connectivity index (χ0) is 18.6. The van der Waals surface area contributed by atoms with Gasteiger partial charge in [-0.1, -0.05) is 48.5 Å². The Hall–Kier alpha value is -2.72. The van der Waals surface area contributed by atoms with E-state index in [4.69, 9.17) is 0 Å². The number of fused-ring (bicyclic) bond motifs is 1. The quantitative estimate of drug-likeness (QED) is 0.697. The van der Waals surface area contributed by atoms with Gasteiger partial charge in [0.2, 0.25) is 5.91 Å². The molecule has 2 aromatic carbocycles. The first-order valence-corrected chi connectivity index (χ1v) is 9.53. The first-order chi connectivity index (χ1) is 13.2. The molecule has 138 valence electrons. The Labute approximate surface area is 160 Å². The largest absolute Gasteiger partial charge is 0.340 e. The van der Waals surface area contributed by atoms with E-state index in [-0.39, 0.29) is 5.91 Å². The summed E-state index contributed by atoms with van der Waals surface area (Å²) in [6, 6.07) is 18.8. The second kappa shape index (κ2) is 7.89.